The van der Waals surface area contributed by atoms with Crippen molar-refractivity contribution in [2.75, 3.05) is 0 Å². The summed E-state index contributed by atoms with van der Waals surface area (Å²) in [6.45, 7) is 3.54. The topological polar surface area (TPSA) is 35.2 Å². The molecule has 0 aliphatic carbocycles. The van der Waals surface area contributed by atoms with Crippen LogP contribution in [0.3, 0.4) is 0 Å². The van der Waals surface area contributed by atoms with E-state index in [2.05, 4.69) is 0 Å². The number of hydrogen-bond donors (Lipinski definition) is 1. The number of rotatable bonds is 5. The van der Waals surface area contributed by atoms with Crippen molar-refractivity contribution < 1.29 is 13.5 Å². The van der Waals surface area contributed by atoms with Crippen LogP contribution in [-0.4, -0.2) is 6.04 Å². The molecule has 2 atom stereocenters. The molecule has 0 spiro atoms. The van der Waals surface area contributed by atoms with Gasteiger partial charge < -0.3 is 10.5 Å². The van der Waals surface area contributed by atoms with E-state index < -0.39 is 17.7 Å². The summed E-state index contributed by atoms with van der Waals surface area (Å²) in [4.78, 5) is 0. The summed E-state index contributed by atoms with van der Waals surface area (Å²) in [7, 11) is 0. The Kier molecular flexibility index (Phi) is 4.91. The Labute approximate surface area is 123 Å². The predicted octanol–water partition coefficient (Wildman–Crippen LogP) is 3.99. The molecule has 0 aliphatic heterocycles. The lowest BCUT2D eigenvalue weighted by molar-refractivity contribution is 0.205. The van der Waals surface area contributed by atoms with E-state index >= 15 is 0 Å². The molecular formula is C17H19F2NO. The van der Waals surface area contributed by atoms with Crippen molar-refractivity contribution in [3.05, 3.63) is 65.2 Å². The summed E-state index contributed by atoms with van der Waals surface area (Å²) >= 11 is 0. The van der Waals surface area contributed by atoms with Crippen LogP contribution in [0.2, 0.25) is 0 Å². The first-order chi connectivity index (χ1) is 9.97. The van der Waals surface area contributed by atoms with Crippen molar-refractivity contribution >= 4 is 0 Å². The molecule has 0 saturated carbocycles. The smallest absolute Gasteiger partial charge is 0.191 e. The molecule has 2 rings (SSSR count). The van der Waals surface area contributed by atoms with E-state index in [0.29, 0.717) is 12.0 Å². The van der Waals surface area contributed by atoms with E-state index in [1.165, 1.54) is 12.1 Å². The zero-order valence-corrected chi connectivity index (χ0v) is 12.1. The molecule has 2 unspecified atom stereocenters. The minimum Gasteiger partial charge on any atom is -0.480 e. The number of hydrogen-bond acceptors (Lipinski definition) is 2. The van der Waals surface area contributed by atoms with Crippen molar-refractivity contribution in [1.82, 2.24) is 0 Å². The summed E-state index contributed by atoms with van der Waals surface area (Å²) in [5.41, 5.74) is 7.03. The van der Waals surface area contributed by atoms with Gasteiger partial charge in [0.05, 0.1) is 0 Å². The second-order valence-corrected chi connectivity index (χ2v) is 5.24. The maximum atomic E-state index is 14.0. The standard InChI is InChI=1S/C17H19F2NO/c1-11(20)8-13-9-15(18)17(16(19)10-13)21-12(2)14-6-4-3-5-7-14/h3-7,9-12H,8,20H2,1-2H3. The third-order valence-corrected chi connectivity index (χ3v) is 3.18. The van der Waals surface area contributed by atoms with Gasteiger partial charge in [-0.15, -0.1) is 0 Å². The van der Waals surface area contributed by atoms with Crippen molar-refractivity contribution in [2.45, 2.75) is 32.4 Å². The Balaban J connectivity index is 2.20. The lowest BCUT2D eigenvalue weighted by atomic mass is 10.1. The van der Waals surface area contributed by atoms with E-state index in [1.807, 2.05) is 30.3 Å². The van der Waals surface area contributed by atoms with Gasteiger partial charge >= 0.3 is 0 Å². The number of nitrogens with two attached hydrogens (primary N) is 1. The van der Waals surface area contributed by atoms with Crippen LogP contribution >= 0.6 is 0 Å². The summed E-state index contributed by atoms with van der Waals surface area (Å²) < 4.78 is 33.5. The van der Waals surface area contributed by atoms with E-state index in [-0.39, 0.29) is 11.8 Å². The van der Waals surface area contributed by atoms with Gasteiger partial charge in [-0.25, -0.2) is 8.78 Å². The fourth-order valence-electron chi connectivity index (χ4n) is 2.18. The molecule has 21 heavy (non-hydrogen) atoms. The van der Waals surface area contributed by atoms with Gasteiger partial charge in [0.2, 0.25) is 0 Å². The molecule has 0 bridgehead atoms. The second-order valence-electron chi connectivity index (χ2n) is 5.24. The van der Waals surface area contributed by atoms with Crippen molar-refractivity contribution in [3.8, 4) is 5.75 Å². The van der Waals surface area contributed by atoms with Gasteiger partial charge in [-0.3, -0.25) is 0 Å². The molecule has 0 fully saturated rings. The monoisotopic (exact) mass is 291 g/mol. The summed E-state index contributed by atoms with van der Waals surface area (Å²) in [5, 5.41) is 0. The Morgan fingerprint density at radius 3 is 2.14 bits per heavy atom. The minimum atomic E-state index is -0.701. The van der Waals surface area contributed by atoms with Crippen LogP contribution in [0.1, 0.15) is 31.1 Å². The van der Waals surface area contributed by atoms with E-state index in [9.17, 15) is 8.78 Å². The highest BCUT2D eigenvalue weighted by molar-refractivity contribution is 5.32. The molecule has 2 aromatic carbocycles. The molecule has 2 nitrogen and oxygen atoms in total. The third-order valence-electron chi connectivity index (χ3n) is 3.18. The van der Waals surface area contributed by atoms with E-state index in [0.717, 1.165) is 5.56 Å². The maximum absolute atomic E-state index is 14.0. The maximum Gasteiger partial charge on any atom is 0.191 e. The highest BCUT2D eigenvalue weighted by Gasteiger charge is 2.17. The van der Waals surface area contributed by atoms with Crippen LogP contribution < -0.4 is 10.5 Å². The number of benzene rings is 2. The van der Waals surface area contributed by atoms with Gasteiger partial charge in [-0.1, -0.05) is 30.3 Å². The lowest BCUT2D eigenvalue weighted by Gasteiger charge is -2.17. The van der Waals surface area contributed by atoms with Crippen LogP contribution in [0.15, 0.2) is 42.5 Å². The highest BCUT2D eigenvalue weighted by Crippen LogP contribution is 2.28. The predicted molar refractivity (Wildman–Crippen MR) is 79.2 cm³/mol. The molecule has 4 heteroatoms. The largest absolute Gasteiger partial charge is 0.480 e. The van der Waals surface area contributed by atoms with Gasteiger partial charge in [-0.2, -0.15) is 0 Å². The average molecular weight is 291 g/mol. The molecule has 0 aliphatic rings. The molecular weight excluding hydrogens is 272 g/mol. The second kappa shape index (κ2) is 6.68. The van der Waals surface area contributed by atoms with Crippen LogP contribution in [0.25, 0.3) is 0 Å². The molecule has 0 radical (unpaired) electrons. The molecule has 0 amide bonds. The Hall–Kier alpha value is -1.94. The highest BCUT2D eigenvalue weighted by atomic mass is 19.1. The lowest BCUT2D eigenvalue weighted by Crippen LogP contribution is -2.18. The molecule has 2 aromatic rings. The van der Waals surface area contributed by atoms with Crippen molar-refractivity contribution in [2.24, 2.45) is 5.73 Å². The van der Waals surface area contributed by atoms with Crippen molar-refractivity contribution in [3.63, 3.8) is 0 Å². The Bertz CT molecular complexity index is 576. The molecule has 0 heterocycles. The van der Waals surface area contributed by atoms with Gasteiger partial charge in [0.15, 0.2) is 17.4 Å². The number of ether oxygens (including phenoxy) is 1. The van der Waals surface area contributed by atoms with Crippen LogP contribution in [0.5, 0.6) is 5.75 Å². The number of halogens is 2. The summed E-state index contributed by atoms with van der Waals surface area (Å²) in [5.74, 6) is -1.75. The van der Waals surface area contributed by atoms with Crippen LogP contribution in [-0.2, 0) is 6.42 Å². The minimum absolute atomic E-state index is 0.154. The van der Waals surface area contributed by atoms with Crippen molar-refractivity contribution in [1.29, 1.82) is 0 Å². The van der Waals surface area contributed by atoms with Gasteiger partial charge in [0, 0.05) is 6.04 Å². The zero-order chi connectivity index (χ0) is 15.4. The SMILES string of the molecule is CC(N)Cc1cc(F)c(OC(C)c2ccccc2)c(F)c1. The fraction of sp³-hybridized carbons (Fsp3) is 0.294. The van der Waals surface area contributed by atoms with Gasteiger partial charge in [0.25, 0.3) is 0 Å². The summed E-state index contributed by atoms with van der Waals surface area (Å²) in [6.07, 6.45) is -0.0167. The van der Waals surface area contributed by atoms with Gasteiger partial charge in [0.1, 0.15) is 6.10 Å². The van der Waals surface area contributed by atoms with Gasteiger partial charge in [-0.05, 0) is 43.5 Å². The molecule has 2 N–H and O–H groups in total. The first-order valence-corrected chi connectivity index (χ1v) is 6.92. The van der Waals surface area contributed by atoms with E-state index in [4.69, 9.17) is 10.5 Å². The zero-order valence-electron chi connectivity index (χ0n) is 12.1. The quantitative estimate of drug-likeness (QED) is 0.904. The fourth-order valence-corrected chi connectivity index (χ4v) is 2.18. The van der Waals surface area contributed by atoms with Crippen LogP contribution in [0.4, 0.5) is 8.78 Å². The third kappa shape index (κ3) is 4.02. The molecule has 0 aromatic heterocycles. The molecule has 112 valence electrons. The van der Waals surface area contributed by atoms with E-state index in [1.54, 1.807) is 13.8 Å². The normalized spacial score (nSPS) is 13.8. The summed E-state index contributed by atoms with van der Waals surface area (Å²) in [6, 6.07) is 11.7. The average Bonchev–Trinajstić information content (AvgIpc) is 2.43. The first-order valence-electron chi connectivity index (χ1n) is 6.92. The van der Waals surface area contributed by atoms with Crippen LogP contribution in [0, 0.1) is 11.6 Å². The Morgan fingerprint density at radius 1 is 1.05 bits per heavy atom. The Morgan fingerprint density at radius 2 is 1.62 bits per heavy atom. The first kappa shape index (κ1) is 15.4. The molecule has 0 saturated heterocycles.